The van der Waals surface area contributed by atoms with Crippen LogP contribution in [0.4, 0.5) is 0 Å². The Kier molecular flexibility index (Phi) is 19.1. The minimum atomic E-state index is -1.95. The van der Waals surface area contributed by atoms with E-state index in [9.17, 15) is 4.57 Å². The maximum absolute atomic E-state index is 11.7. The summed E-state index contributed by atoms with van der Waals surface area (Å²) in [7, 11) is -1.95. The first kappa shape index (κ1) is 23.8. The third kappa shape index (κ3) is 15.2. The smallest absolute Gasteiger partial charge is 0.119 e. The molecule has 0 N–H and O–H groups in total. The van der Waals surface area contributed by atoms with E-state index in [1.807, 2.05) is 6.92 Å². The second-order valence-electron chi connectivity index (χ2n) is 5.70. The number of rotatable bonds is 14. The molecule has 0 amide bonds. The number of hydrogen-bond donors (Lipinski definition) is 0. The molecule has 0 radical (unpaired) electrons. The van der Waals surface area contributed by atoms with Crippen LogP contribution in [-0.2, 0) is 30.4 Å². The van der Waals surface area contributed by atoms with Crippen molar-refractivity contribution in [3.8, 4) is 0 Å². The summed E-state index contributed by atoms with van der Waals surface area (Å²) >= 11 is 0. The molecular weight excluding hydrogens is 330 g/mol. The minimum Gasteiger partial charge on any atom is -0.119 e. The van der Waals surface area contributed by atoms with Gasteiger partial charge in [-0.15, -0.1) is 9.05 Å². The zero-order chi connectivity index (χ0) is 15.2. The van der Waals surface area contributed by atoms with E-state index in [-0.39, 0.29) is 22.9 Å². The molecule has 3 nitrogen and oxygen atoms in total. The van der Waals surface area contributed by atoms with Crippen LogP contribution >= 0.6 is 8.25 Å². The van der Waals surface area contributed by atoms with Crippen LogP contribution in [-0.4, -0.2) is 12.7 Å². The molecule has 0 saturated heterocycles. The molecule has 0 heterocycles. The van der Waals surface area contributed by atoms with Gasteiger partial charge in [0.05, 0.1) is 0 Å². The molecule has 0 aromatic carbocycles. The summed E-state index contributed by atoms with van der Waals surface area (Å²) in [6, 6.07) is 0. The van der Waals surface area contributed by atoms with E-state index < -0.39 is 8.25 Å². The molecule has 0 aliphatic rings. The van der Waals surface area contributed by atoms with Crippen LogP contribution in [0.25, 0.3) is 0 Å². The monoisotopic (exact) mass is 364 g/mol. The topological polar surface area (TPSA) is 35.5 Å². The second kappa shape index (κ2) is 16.9. The Morgan fingerprint density at radius 1 is 0.952 bits per heavy atom. The fourth-order valence-electron chi connectivity index (χ4n) is 2.15. The van der Waals surface area contributed by atoms with Crippen LogP contribution in [0.2, 0.25) is 0 Å². The summed E-state index contributed by atoms with van der Waals surface area (Å²) in [5.74, 6) is 0.511. The van der Waals surface area contributed by atoms with Gasteiger partial charge in [0.1, 0.15) is 12.7 Å². The van der Waals surface area contributed by atoms with E-state index in [1.165, 1.54) is 32.1 Å². The molecular formula is C16H34CoO3P+4. The standard InChI is InChI=1S/C16H34O3P.Co/c1-5-8-10-11-12-15(4)19-20(17)18-14-16(7-3)13-9-6-2;/h15-16H,5-14H2,1-4H3;/q+1;+3. The van der Waals surface area contributed by atoms with Gasteiger partial charge in [0.2, 0.25) is 0 Å². The predicted octanol–water partition coefficient (Wildman–Crippen LogP) is 6.25. The van der Waals surface area contributed by atoms with Crippen LogP contribution in [0.3, 0.4) is 0 Å². The van der Waals surface area contributed by atoms with Crippen molar-refractivity contribution >= 4 is 8.25 Å². The first-order chi connectivity index (χ1) is 9.63. The van der Waals surface area contributed by atoms with E-state index in [4.69, 9.17) is 9.05 Å². The summed E-state index contributed by atoms with van der Waals surface area (Å²) in [6.45, 7) is 9.10. The van der Waals surface area contributed by atoms with Gasteiger partial charge >= 0.3 is 25.0 Å². The molecule has 0 aromatic rings. The minimum absolute atomic E-state index is 0. The molecule has 21 heavy (non-hydrogen) atoms. The van der Waals surface area contributed by atoms with Gasteiger partial charge in [-0.05, 0) is 25.7 Å². The van der Waals surface area contributed by atoms with E-state index in [1.54, 1.807) is 0 Å². The number of unbranched alkanes of at least 4 members (excludes halogenated alkanes) is 4. The molecule has 0 rings (SSSR count). The van der Waals surface area contributed by atoms with Crippen LogP contribution in [0.15, 0.2) is 0 Å². The summed E-state index contributed by atoms with van der Waals surface area (Å²) < 4.78 is 22.5. The van der Waals surface area contributed by atoms with Gasteiger partial charge in [0.15, 0.2) is 0 Å². The van der Waals surface area contributed by atoms with Crippen molar-refractivity contribution in [1.82, 2.24) is 0 Å². The molecule has 3 atom stereocenters. The normalized spacial score (nSPS) is 14.4. The molecule has 0 spiro atoms. The molecule has 0 aromatic heterocycles. The Hall–Kier alpha value is 0.526. The van der Waals surface area contributed by atoms with Gasteiger partial charge in [-0.2, -0.15) is 0 Å². The quantitative estimate of drug-likeness (QED) is 0.270. The van der Waals surface area contributed by atoms with E-state index in [2.05, 4.69) is 20.8 Å². The Morgan fingerprint density at radius 3 is 2.19 bits per heavy atom. The zero-order valence-corrected chi connectivity index (χ0v) is 16.2. The molecule has 0 aliphatic carbocycles. The molecule has 0 fully saturated rings. The second-order valence-corrected chi connectivity index (χ2v) is 6.62. The molecule has 3 unspecified atom stereocenters. The van der Waals surface area contributed by atoms with Crippen LogP contribution in [0, 0.1) is 5.92 Å². The van der Waals surface area contributed by atoms with Gasteiger partial charge in [0, 0.05) is 4.57 Å². The largest absolute Gasteiger partial charge is 3.00 e. The van der Waals surface area contributed by atoms with Crippen molar-refractivity contribution in [2.24, 2.45) is 5.92 Å². The van der Waals surface area contributed by atoms with Crippen molar-refractivity contribution in [3.63, 3.8) is 0 Å². The number of hydrogen-bond acceptors (Lipinski definition) is 3. The van der Waals surface area contributed by atoms with Crippen molar-refractivity contribution in [3.05, 3.63) is 0 Å². The maximum atomic E-state index is 11.7. The fraction of sp³-hybridized carbons (Fsp3) is 1.00. The van der Waals surface area contributed by atoms with E-state index in [0.29, 0.717) is 12.5 Å². The Balaban J connectivity index is 0. The predicted molar refractivity (Wildman–Crippen MR) is 86.2 cm³/mol. The molecule has 126 valence electrons. The maximum Gasteiger partial charge on any atom is 3.00 e. The van der Waals surface area contributed by atoms with Crippen LogP contribution in [0.1, 0.15) is 85.5 Å². The molecule has 0 saturated carbocycles. The Bertz CT molecular complexity index is 240. The zero-order valence-electron chi connectivity index (χ0n) is 14.2. The van der Waals surface area contributed by atoms with Gasteiger partial charge in [-0.3, -0.25) is 0 Å². The first-order valence-electron chi connectivity index (χ1n) is 8.40. The SMILES string of the molecule is CCCCCCC(C)O[P+](=O)OCC(CC)CCCC.[Co+3]. The third-order valence-electron chi connectivity index (χ3n) is 3.69. The van der Waals surface area contributed by atoms with Gasteiger partial charge in [-0.1, -0.05) is 65.7 Å². The van der Waals surface area contributed by atoms with Crippen LogP contribution in [0.5, 0.6) is 0 Å². The summed E-state index contributed by atoms with van der Waals surface area (Å²) in [4.78, 5) is 0. The third-order valence-corrected chi connectivity index (χ3v) is 4.58. The molecule has 0 aliphatic heterocycles. The van der Waals surface area contributed by atoms with Gasteiger partial charge < -0.3 is 0 Å². The van der Waals surface area contributed by atoms with Crippen LogP contribution < -0.4 is 0 Å². The first-order valence-corrected chi connectivity index (χ1v) is 9.50. The summed E-state index contributed by atoms with van der Waals surface area (Å²) in [6.07, 6.45) is 10.5. The van der Waals surface area contributed by atoms with Gasteiger partial charge in [0.25, 0.3) is 0 Å². The summed E-state index contributed by atoms with van der Waals surface area (Å²) in [5.41, 5.74) is 0. The van der Waals surface area contributed by atoms with Crippen molar-refractivity contribution in [2.75, 3.05) is 6.61 Å². The summed E-state index contributed by atoms with van der Waals surface area (Å²) in [5, 5.41) is 0. The van der Waals surface area contributed by atoms with Gasteiger partial charge in [-0.25, -0.2) is 0 Å². The Labute approximate surface area is 143 Å². The fourth-order valence-corrected chi connectivity index (χ4v) is 2.95. The van der Waals surface area contributed by atoms with E-state index >= 15 is 0 Å². The van der Waals surface area contributed by atoms with Crippen molar-refractivity contribution in [2.45, 2.75) is 91.6 Å². The Morgan fingerprint density at radius 2 is 1.62 bits per heavy atom. The molecule has 5 heteroatoms. The van der Waals surface area contributed by atoms with E-state index in [0.717, 1.165) is 25.7 Å². The average molecular weight is 364 g/mol. The molecule has 0 bridgehead atoms. The van der Waals surface area contributed by atoms with Crippen molar-refractivity contribution in [1.29, 1.82) is 0 Å². The van der Waals surface area contributed by atoms with Crippen molar-refractivity contribution < 1.29 is 30.4 Å². The average Bonchev–Trinajstić information content (AvgIpc) is 2.44.